The fourth-order valence-electron chi connectivity index (χ4n) is 6.42. The van der Waals surface area contributed by atoms with E-state index in [0.29, 0.717) is 5.91 Å². The van der Waals surface area contributed by atoms with Crippen molar-refractivity contribution < 1.29 is 9.53 Å². The largest absolute Gasteiger partial charge is 0.497 e. The number of piperidine rings is 1. The summed E-state index contributed by atoms with van der Waals surface area (Å²) >= 11 is 0. The monoisotopic (exact) mass is 551 g/mol. The standard InChI is InChI=1S/C34H41N5O2/c1-25-10-11-26(2)32(21-25)37-17-19-38(20-18-37)34(40)28-7-6-16-36(23-28)24-33-35-30-8-4-5-9-31(30)39(33)22-27-12-14-29(41-3)15-13-27/h4-5,8-15,21,28H,6-7,16-20,22-24H2,1-3H3/t28-/m0/s1. The minimum absolute atomic E-state index is 0.0513. The molecule has 6 rings (SSSR count). The molecular formula is C34H41N5O2. The maximum absolute atomic E-state index is 13.7. The van der Waals surface area contributed by atoms with Gasteiger partial charge in [0.2, 0.25) is 5.91 Å². The van der Waals surface area contributed by atoms with Crippen LogP contribution in [-0.4, -0.2) is 71.6 Å². The van der Waals surface area contributed by atoms with E-state index in [4.69, 9.17) is 9.72 Å². The van der Waals surface area contributed by atoms with E-state index >= 15 is 0 Å². The highest BCUT2D eigenvalue weighted by molar-refractivity contribution is 5.79. The number of nitrogens with zero attached hydrogens (tertiary/aromatic N) is 5. The Kier molecular flexibility index (Phi) is 7.97. The molecule has 0 aliphatic carbocycles. The number of rotatable bonds is 7. The SMILES string of the molecule is COc1ccc(Cn2c(CN3CCC[C@H](C(=O)N4CCN(c5cc(C)ccc5C)CC4)C3)nc3ccccc32)cc1. The predicted octanol–water partition coefficient (Wildman–Crippen LogP) is 5.27. The Labute approximate surface area is 243 Å². The van der Waals surface area contributed by atoms with Crippen molar-refractivity contribution in [2.24, 2.45) is 5.92 Å². The lowest BCUT2D eigenvalue weighted by atomic mass is 9.96. The van der Waals surface area contributed by atoms with E-state index < -0.39 is 0 Å². The summed E-state index contributed by atoms with van der Waals surface area (Å²) in [4.78, 5) is 25.7. The molecule has 1 atom stereocenters. The van der Waals surface area contributed by atoms with Crippen molar-refractivity contribution in [1.82, 2.24) is 19.4 Å². The number of amides is 1. The number of fused-ring (bicyclic) bond motifs is 1. The molecule has 1 amide bonds. The van der Waals surface area contributed by atoms with E-state index in [-0.39, 0.29) is 5.92 Å². The number of benzene rings is 3. The van der Waals surface area contributed by atoms with Crippen LogP contribution in [-0.2, 0) is 17.9 Å². The van der Waals surface area contributed by atoms with Gasteiger partial charge in [0, 0.05) is 45.0 Å². The van der Waals surface area contributed by atoms with Crippen LogP contribution in [0.5, 0.6) is 5.75 Å². The molecule has 3 heterocycles. The maximum Gasteiger partial charge on any atom is 0.227 e. The highest BCUT2D eigenvalue weighted by atomic mass is 16.5. The quantitative estimate of drug-likeness (QED) is 0.313. The van der Waals surface area contributed by atoms with Crippen LogP contribution in [0.3, 0.4) is 0 Å². The number of ether oxygens (including phenoxy) is 1. The molecule has 2 aliphatic rings. The van der Waals surface area contributed by atoms with Gasteiger partial charge in [-0.1, -0.05) is 36.4 Å². The number of anilines is 1. The lowest BCUT2D eigenvalue weighted by Crippen LogP contribution is -2.52. The number of hydrogen-bond donors (Lipinski definition) is 0. The molecule has 7 nitrogen and oxygen atoms in total. The van der Waals surface area contributed by atoms with Crippen LogP contribution in [0.15, 0.2) is 66.7 Å². The molecule has 0 radical (unpaired) electrons. The molecule has 214 valence electrons. The highest BCUT2D eigenvalue weighted by Crippen LogP contribution is 2.26. The van der Waals surface area contributed by atoms with Gasteiger partial charge in [-0.05, 0) is 80.3 Å². The molecule has 2 aliphatic heterocycles. The molecule has 7 heteroatoms. The Morgan fingerprint density at radius 1 is 0.927 bits per heavy atom. The number of piperazine rings is 1. The smallest absolute Gasteiger partial charge is 0.227 e. The molecule has 2 saturated heterocycles. The van der Waals surface area contributed by atoms with Crippen LogP contribution in [0.2, 0.25) is 0 Å². The number of para-hydroxylation sites is 2. The zero-order valence-electron chi connectivity index (χ0n) is 24.6. The number of carbonyl (C=O) groups excluding carboxylic acids is 1. The predicted molar refractivity (Wildman–Crippen MR) is 165 cm³/mol. The Morgan fingerprint density at radius 3 is 2.49 bits per heavy atom. The fraction of sp³-hybridized carbons (Fsp3) is 0.412. The lowest BCUT2D eigenvalue weighted by Gasteiger charge is -2.40. The number of aryl methyl sites for hydroxylation is 2. The van der Waals surface area contributed by atoms with Crippen molar-refractivity contribution >= 4 is 22.6 Å². The Bertz CT molecular complexity index is 1500. The summed E-state index contributed by atoms with van der Waals surface area (Å²) in [6.45, 7) is 11.0. The van der Waals surface area contributed by atoms with Gasteiger partial charge >= 0.3 is 0 Å². The first-order valence-corrected chi connectivity index (χ1v) is 14.9. The minimum atomic E-state index is 0.0513. The summed E-state index contributed by atoms with van der Waals surface area (Å²) in [5.41, 5.74) is 7.26. The van der Waals surface area contributed by atoms with E-state index in [2.05, 4.69) is 81.6 Å². The summed E-state index contributed by atoms with van der Waals surface area (Å²) in [7, 11) is 1.69. The molecule has 0 unspecified atom stereocenters. The van der Waals surface area contributed by atoms with Crippen molar-refractivity contribution in [3.8, 4) is 5.75 Å². The molecule has 3 aromatic carbocycles. The molecule has 4 aromatic rings. The molecule has 2 fully saturated rings. The summed E-state index contributed by atoms with van der Waals surface area (Å²) in [6, 6.07) is 23.3. The molecule has 0 N–H and O–H groups in total. The fourth-order valence-corrected chi connectivity index (χ4v) is 6.42. The van der Waals surface area contributed by atoms with E-state index in [1.807, 2.05) is 18.2 Å². The van der Waals surface area contributed by atoms with Gasteiger partial charge in [0.1, 0.15) is 11.6 Å². The van der Waals surface area contributed by atoms with Gasteiger partial charge in [-0.3, -0.25) is 9.69 Å². The van der Waals surface area contributed by atoms with E-state index in [1.54, 1.807) is 7.11 Å². The van der Waals surface area contributed by atoms with Crippen LogP contribution >= 0.6 is 0 Å². The second-order valence-electron chi connectivity index (χ2n) is 11.6. The number of hydrogen-bond acceptors (Lipinski definition) is 5. The van der Waals surface area contributed by atoms with Gasteiger partial charge in [-0.15, -0.1) is 0 Å². The summed E-state index contributed by atoms with van der Waals surface area (Å²) in [6.07, 6.45) is 2.01. The number of carbonyl (C=O) groups is 1. The lowest BCUT2D eigenvalue weighted by molar-refractivity contribution is -0.137. The van der Waals surface area contributed by atoms with Crippen LogP contribution in [0.1, 0.15) is 35.4 Å². The topological polar surface area (TPSA) is 53.8 Å². The number of likely N-dealkylation sites (tertiary alicyclic amines) is 1. The van der Waals surface area contributed by atoms with E-state index in [1.165, 1.54) is 22.4 Å². The van der Waals surface area contributed by atoms with Gasteiger partial charge in [0.25, 0.3) is 0 Å². The highest BCUT2D eigenvalue weighted by Gasteiger charge is 2.32. The number of imidazole rings is 1. The summed E-state index contributed by atoms with van der Waals surface area (Å²) < 4.78 is 7.68. The van der Waals surface area contributed by atoms with Crippen molar-refractivity contribution in [3.63, 3.8) is 0 Å². The first kappa shape index (κ1) is 27.3. The number of methoxy groups -OCH3 is 1. The summed E-state index contributed by atoms with van der Waals surface area (Å²) in [5.74, 6) is 2.29. The Hall–Kier alpha value is -3.84. The minimum Gasteiger partial charge on any atom is -0.497 e. The zero-order chi connectivity index (χ0) is 28.3. The number of aromatic nitrogens is 2. The van der Waals surface area contributed by atoms with Crippen molar-refractivity contribution in [2.45, 2.75) is 39.8 Å². The van der Waals surface area contributed by atoms with Gasteiger partial charge < -0.3 is 19.1 Å². The summed E-state index contributed by atoms with van der Waals surface area (Å²) in [5, 5.41) is 0. The van der Waals surface area contributed by atoms with Crippen LogP contribution in [0, 0.1) is 19.8 Å². The van der Waals surface area contributed by atoms with Gasteiger partial charge in [-0.25, -0.2) is 4.98 Å². The third-order valence-corrected chi connectivity index (χ3v) is 8.75. The van der Waals surface area contributed by atoms with Gasteiger partial charge in [0.05, 0.1) is 30.6 Å². The maximum atomic E-state index is 13.7. The van der Waals surface area contributed by atoms with Crippen molar-refractivity contribution in [1.29, 1.82) is 0 Å². The first-order chi connectivity index (χ1) is 20.0. The van der Waals surface area contributed by atoms with Crippen molar-refractivity contribution in [2.75, 3.05) is 51.3 Å². The molecule has 0 bridgehead atoms. The van der Waals surface area contributed by atoms with Gasteiger partial charge in [0.15, 0.2) is 0 Å². The van der Waals surface area contributed by atoms with Crippen LogP contribution < -0.4 is 9.64 Å². The first-order valence-electron chi connectivity index (χ1n) is 14.9. The molecule has 0 saturated carbocycles. The third kappa shape index (κ3) is 5.96. The normalized spacial score (nSPS) is 18.2. The average molecular weight is 552 g/mol. The molecular weight excluding hydrogens is 510 g/mol. The second kappa shape index (κ2) is 12.0. The average Bonchev–Trinajstić information content (AvgIpc) is 3.35. The van der Waals surface area contributed by atoms with Crippen LogP contribution in [0.4, 0.5) is 5.69 Å². The van der Waals surface area contributed by atoms with E-state index in [9.17, 15) is 4.79 Å². The van der Waals surface area contributed by atoms with E-state index in [0.717, 1.165) is 87.8 Å². The zero-order valence-corrected chi connectivity index (χ0v) is 24.6. The Balaban J connectivity index is 1.12. The molecule has 1 aromatic heterocycles. The van der Waals surface area contributed by atoms with Crippen molar-refractivity contribution in [3.05, 3.63) is 89.2 Å². The van der Waals surface area contributed by atoms with Gasteiger partial charge in [-0.2, -0.15) is 0 Å². The molecule has 41 heavy (non-hydrogen) atoms. The third-order valence-electron chi connectivity index (χ3n) is 8.75. The Morgan fingerprint density at radius 2 is 1.71 bits per heavy atom. The van der Waals surface area contributed by atoms with Crippen LogP contribution in [0.25, 0.3) is 11.0 Å². The molecule has 0 spiro atoms. The second-order valence-corrected chi connectivity index (χ2v) is 11.6.